The SMILES string of the molecule is CCNC(=O)CNCCN(C)C(C)C. The maximum absolute atomic E-state index is 11.0. The van der Waals surface area contributed by atoms with Gasteiger partial charge in [-0.3, -0.25) is 4.79 Å². The lowest BCUT2D eigenvalue weighted by molar-refractivity contribution is -0.120. The molecular weight excluding hydrogens is 178 g/mol. The normalized spacial score (nSPS) is 11.0. The maximum atomic E-state index is 11.0. The first kappa shape index (κ1) is 13.4. The van der Waals surface area contributed by atoms with Crippen LogP contribution in [0, 0.1) is 0 Å². The van der Waals surface area contributed by atoms with Crippen molar-refractivity contribution in [1.82, 2.24) is 15.5 Å². The molecule has 4 nitrogen and oxygen atoms in total. The average Bonchev–Trinajstić information content (AvgIpc) is 2.12. The molecule has 0 aliphatic rings. The third kappa shape index (κ3) is 6.86. The van der Waals surface area contributed by atoms with Crippen molar-refractivity contribution in [2.24, 2.45) is 0 Å². The summed E-state index contributed by atoms with van der Waals surface area (Å²) in [6.45, 7) is 9.17. The van der Waals surface area contributed by atoms with Crippen LogP contribution in [-0.4, -0.2) is 50.1 Å². The number of amides is 1. The second kappa shape index (κ2) is 7.76. The van der Waals surface area contributed by atoms with Crippen LogP contribution < -0.4 is 10.6 Å². The Morgan fingerprint density at radius 2 is 2.07 bits per heavy atom. The van der Waals surface area contributed by atoms with Crippen molar-refractivity contribution < 1.29 is 4.79 Å². The molecule has 0 fully saturated rings. The zero-order valence-corrected chi connectivity index (χ0v) is 9.76. The van der Waals surface area contributed by atoms with Crippen molar-refractivity contribution in [2.45, 2.75) is 26.8 Å². The minimum absolute atomic E-state index is 0.0692. The fourth-order valence-electron chi connectivity index (χ4n) is 0.975. The Labute approximate surface area is 87.0 Å². The van der Waals surface area contributed by atoms with E-state index >= 15 is 0 Å². The molecule has 0 rings (SSSR count). The molecule has 0 aliphatic carbocycles. The molecule has 0 unspecified atom stereocenters. The summed E-state index contributed by atoms with van der Waals surface area (Å²) in [4.78, 5) is 13.3. The average molecular weight is 201 g/mol. The molecule has 2 N–H and O–H groups in total. The van der Waals surface area contributed by atoms with Crippen LogP contribution in [0.1, 0.15) is 20.8 Å². The Kier molecular flexibility index (Phi) is 7.42. The second-order valence-electron chi connectivity index (χ2n) is 3.70. The Balaban J connectivity index is 3.33. The highest BCUT2D eigenvalue weighted by atomic mass is 16.1. The van der Waals surface area contributed by atoms with Crippen LogP contribution in [0.2, 0.25) is 0 Å². The van der Waals surface area contributed by atoms with E-state index in [4.69, 9.17) is 0 Å². The Bertz CT molecular complexity index is 159. The van der Waals surface area contributed by atoms with E-state index in [-0.39, 0.29) is 5.91 Å². The summed E-state index contributed by atoms with van der Waals surface area (Å²) < 4.78 is 0. The molecule has 0 radical (unpaired) electrons. The van der Waals surface area contributed by atoms with E-state index in [0.29, 0.717) is 19.1 Å². The quantitative estimate of drug-likeness (QED) is 0.572. The molecule has 0 saturated heterocycles. The van der Waals surface area contributed by atoms with Gasteiger partial charge in [0.1, 0.15) is 0 Å². The standard InChI is InChI=1S/C10H23N3O/c1-5-12-10(14)8-11-6-7-13(4)9(2)3/h9,11H,5-8H2,1-4H3,(H,12,14). The monoisotopic (exact) mass is 201 g/mol. The van der Waals surface area contributed by atoms with E-state index in [9.17, 15) is 4.79 Å². The van der Waals surface area contributed by atoms with Gasteiger partial charge >= 0.3 is 0 Å². The third-order valence-corrected chi connectivity index (χ3v) is 2.18. The minimum Gasteiger partial charge on any atom is -0.355 e. The van der Waals surface area contributed by atoms with Gasteiger partial charge in [-0.2, -0.15) is 0 Å². The van der Waals surface area contributed by atoms with E-state index in [1.807, 2.05) is 6.92 Å². The summed E-state index contributed by atoms with van der Waals surface area (Å²) in [7, 11) is 2.08. The van der Waals surface area contributed by atoms with Gasteiger partial charge in [0.15, 0.2) is 0 Å². The zero-order valence-electron chi connectivity index (χ0n) is 9.76. The van der Waals surface area contributed by atoms with Crippen LogP contribution in [0.25, 0.3) is 0 Å². The summed E-state index contributed by atoms with van der Waals surface area (Å²) in [6.07, 6.45) is 0. The van der Waals surface area contributed by atoms with Crippen LogP contribution in [0.15, 0.2) is 0 Å². The zero-order chi connectivity index (χ0) is 11.0. The fraction of sp³-hybridized carbons (Fsp3) is 0.900. The lowest BCUT2D eigenvalue weighted by atomic mass is 10.3. The van der Waals surface area contributed by atoms with Crippen LogP contribution >= 0.6 is 0 Å². The lowest BCUT2D eigenvalue weighted by Crippen LogP contribution is -2.38. The third-order valence-electron chi connectivity index (χ3n) is 2.18. The maximum Gasteiger partial charge on any atom is 0.233 e. The first-order valence-corrected chi connectivity index (χ1v) is 5.25. The summed E-state index contributed by atoms with van der Waals surface area (Å²) in [6, 6.07) is 0.557. The number of carbonyl (C=O) groups is 1. The van der Waals surface area contributed by atoms with Crippen LogP contribution in [0.3, 0.4) is 0 Å². The molecular formula is C10H23N3O. The molecule has 0 spiro atoms. The van der Waals surface area contributed by atoms with Crippen molar-refractivity contribution in [1.29, 1.82) is 0 Å². The summed E-state index contributed by atoms with van der Waals surface area (Å²) in [5, 5.41) is 5.84. The first-order chi connectivity index (χ1) is 6.57. The first-order valence-electron chi connectivity index (χ1n) is 5.25. The predicted octanol–water partition coefficient (Wildman–Crippen LogP) is 0.0523. The number of likely N-dealkylation sites (N-methyl/N-ethyl adjacent to an activating group) is 2. The molecule has 0 aromatic rings. The van der Waals surface area contributed by atoms with Gasteiger partial charge in [-0.05, 0) is 27.8 Å². The number of hydrogen-bond donors (Lipinski definition) is 2. The molecule has 0 aromatic carbocycles. The predicted molar refractivity (Wildman–Crippen MR) is 59.3 cm³/mol. The van der Waals surface area contributed by atoms with Gasteiger partial charge in [-0.1, -0.05) is 0 Å². The second-order valence-corrected chi connectivity index (χ2v) is 3.70. The molecule has 0 aliphatic heterocycles. The van der Waals surface area contributed by atoms with E-state index < -0.39 is 0 Å². The van der Waals surface area contributed by atoms with Gasteiger partial charge in [0.25, 0.3) is 0 Å². The lowest BCUT2D eigenvalue weighted by Gasteiger charge is -2.20. The Morgan fingerprint density at radius 1 is 1.43 bits per heavy atom. The fourth-order valence-corrected chi connectivity index (χ4v) is 0.975. The molecule has 0 aromatic heterocycles. The topological polar surface area (TPSA) is 44.4 Å². The van der Waals surface area contributed by atoms with Crippen LogP contribution in [0.5, 0.6) is 0 Å². The van der Waals surface area contributed by atoms with Gasteiger partial charge in [0.2, 0.25) is 5.91 Å². The molecule has 0 atom stereocenters. The highest BCUT2D eigenvalue weighted by Gasteiger charge is 2.02. The van der Waals surface area contributed by atoms with E-state index in [2.05, 4.69) is 36.4 Å². The van der Waals surface area contributed by atoms with E-state index in [1.165, 1.54) is 0 Å². The van der Waals surface area contributed by atoms with Gasteiger partial charge in [0.05, 0.1) is 6.54 Å². The van der Waals surface area contributed by atoms with Gasteiger partial charge < -0.3 is 15.5 Å². The van der Waals surface area contributed by atoms with Gasteiger partial charge in [-0.25, -0.2) is 0 Å². The van der Waals surface area contributed by atoms with Crippen molar-refractivity contribution in [3.8, 4) is 0 Å². The molecule has 84 valence electrons. The van der Waals surface area contributed by atoms with E-state index in [1.54, 1.807) is 0 Å². The highest BCUT2D eigenvalue weighted by Crippen LogP contribution is 1.90. The summed E-state index contributed by atoms with van der Waals surface area (Å²) >= 11 is 0. The number of nitrogens with zero attached hydrogens (tertiary/aromatic N) is 1. The van der Waals surface area contributed by atoms with Crippen LogP contribution in [0.4, 0.5) is 0 Å². The minimum atomic E-state index is 0.0692. The number of carbonyl (C=O) groups excluding carboxylic acids is 1. The molecule has 4 heteroatoms. The largest absolute Gasteiger partial charge is 0.355 e. The highest BCUT2D eigenvalue weighted by molar-refractivity contribution is 5.77. The summed E-state index contributed by atoms with van der Waals surface area (Å²) in [5.74, 6) is 0.0692. The van der Waals surface area contributed by atoms with Crippen molar-refractivity contribution in [3.63, 3.8) is 0 Å². The Hall–Kier alpha value is -0.610. The van der Waals surface area contributed by atoms with E-state index in [0.717, 1.165) is 13.1 Å². The van der Waals surface area contributed by atoms with Crippen molar-refractivity contribution in [3.05, 3.63) is 0 Å². The Morgan fingerprint density at radius 3 is 2.57 bits per heavy atom. The van der Waals surface area contributed by atoms with Crippen molar-refractivity contribution >= 4 is 5.91 Å². The molecule has 0 bridgehead atoms. The molecule has 14 heavy (non-hydrogen) atoms. The molecule has 1 amide bonds. The van der Waals surface area contributed by atoms with Crippen LogP contribution in [-0.2, 0) is 4.79 Å². The molecule has 0 heterocycles. The number of rotatable bonds is 7. The summed E-state index contributed by atoms with van der Waals surface area (Å²) in [5.41, 5.74) is 0. The van der Waals surface area contributed by atoms with Crippen molar-refractivity contribution in [2.75, 3.05) is 33.2 Å². The number of nitrogens with one attached hydrogen (secondary N) is 2. The smallest absolute Gasteiger partial charge is 0.233 e. The van der Waals surface area contributed by atoms with Gasteiger partial charge in [-0.15, -0.1) is 0 Å². The number of hydrogen-bond acceptors (Lipinski definition) is 3. The van der Waals surface area contributed by atoms with Gasteiger partial charge in [0, 0.05) is 25.7 Å². The molecule has 0 saturated carbocycles.